The molecule has 0 bridgehead atoms. The second kappa shape index (κ2) is 4.52. The van der Waals surface area contributed by atoms with Gasteiger partial charge in [0.1, 0.15) is 0 Å². The van der Waals surface area contributed by atoms with Gasteiger partial charge < -0.3 is 4.57 Å². The van der Waals surface area contributed by atoms with Crippen LogP contribution in [-0.2, 0) is 13.5 Å². The number of thiazole rings is 1. The van der Waals surface area contributed by atoms with Gasteiger partial charge in [0.05, 0.1) is 23.1 Å². The van der Waals surface area contributed by atoms with Gasteiger partial charge in [-0.1, -0.05) is 0 Å². The first-order chi connectivity index (χ1) is 7.29. The normalized spacial score (nSPS) is 12.9. The highest BCUT2D eigenvalue weighted by Crippen LogP contribution is 2.16. The summed E-state index contributed by atoms with van der Waals surface area (Å²) in [6, 6.07) is 0.0253. The van der Waals surface area contributed by atoms with Crippen LogP contribution in [0.25, 0.3) is 0 Å². The number of nitrogens with one attached hydrogen (secondary N) is 1. The van der Waals surface area contributed by atoms with Gasteiger partial charge in [0, 0.05) is 31.2 Å². The van der Waals surface area contributed by atoms with Crippen molar-refractivity contribution in [2.24, 2.45) is 12.9 Å². The highest BCUT2D eigenvalue weighted by Gasteiger charge is 2.14. The first kappa shape index (κ1) is 10.3. The van der Waals surface area contributed by atoms with E-state index in [1.54, 1.807) is 23.9 Å². The SMILES string of the molecule is Cn1cnc(C(Cc2nccs2)NN)c1. The molecule has 80 valence electrons. The van der Waals surface area contributed by atoms with E-state index in [2.05, 4.69) is 15.4 Å². The topological polar surface area (TPSA) is 68.8 Å². The third-order valence-corrected chi connectivity index (χ3v) is 2.95. The second-order valence-corrected chi connectivity index (χ2v) is 4.29. The van der Waals surface area contributed by atoms with Crippen LogP contribution in [0.1, 0.15) is 16.7 Å². The number of hydrogen-bond acceptors (Lipinski definition) is 5. The Labute approximate surface area is 91.9 Å². The summed E-state index contributed by atoms with van der Waals surface area (Å²) >= 11 is 1.63. The van der Waals surface area contributed by atoms with Crippen LogP contribution in [0, 0.1) is 0 Å². The van der Waals surface area contributed by atoms with Gasteiger partial charge in [-0.15, -0.1) is 11.3 Å². The van der Waals surface area contributed by atoms with Crippen molar-refractivity contribution in [2.45, 2.75) is 12.5 Å². The monoisotopic (exact) mass is 223 g/mol. The molecule has 2 aromatic rings. The van der Waals surface area contributed by atoms with Crippen molar-refractivity contribution >= 4 is 11.3 Å². The number of rotatable bonds is 4. The van der Waals surface area contributed by atoms with Crippen molar-refractivity contribution < 1.29 is 0 Å². The summed E-state index contributed by atoms with van der Waals surface area (Å²) in [6.07, 6.45) is 6.29. The summed E-state index contributed by atoms with van der Waals surface area (Å²) in [5, 5.41) is 3.02. The minimum atomic E-state index is 0.0253. The van der Waals surface area contributed by atoms with E-state index < -0.39 is 0 Å². The molecular weight excluding hydrogens is 210 g/mol. The molecule has 0 amide bonds. The highest BCUT2D eigenvalue weighted by atomic mass is 32.1. The summed E-state index contributed by atoms with van der Waals surface area (Å²) in [5.41, 5.74) is 3.70. The number of nitrogens with two attached hydrogens (primary N) is 1. The van der Waals surface area contributed by atoms with Gasteiger partial charge in [-0.25, -0.2) is 9.97 Å². The van der Waals surface area contributed by atoms with Crippen molar-refractivity contribution in [1.82, 2.24) is 20.0 Å². The standard InChI is InChI=1S/C9H13N5S/c1-14-5-8(12-6-14)7(13-10)4-9-11-2-3-15-9/h2-3,5-7,13H,4,10H2,1H3. The molecule has 15 heavy (non-hydrogen) atoms. The van der Waals surface area contributed by atoms with Crippen molar-refractivity contribution in [3.8, 4) is 0 Å². The van der Waals surface area contributed by atoms with E-state index in [1.165, 1.54) is 0 Å². The molecule has 0 aliphatic carbocycles. The minimum Gasteiger partial charge on any atom is -0.340 e. The van der Waals surface area contributed by atoms with Crippen LogP contribution in [-0.4, -0.2) is 14.5 Å². The smallest absolute Gasteiger partial charge is 0.0947 e. The zero-order valence-corrected chi connectivity index (χ0v) is 9.24. The largest absolute Gasteiger partial charge is 0.340 e. The Morgan fingerprint density at radius 1 is 1.60 bits per heavy atom. The van der Waals surface area contributed by atoms with Crippen LogP contribution < -0.4 is 11.3 Å². The second-order valence-electron chi connectivity index (χ2n) is 3.31. The number of hydrazine groups is 1. The van der Waals surface area contributed by atoms with Crippen LogP contribution >= 0.6 is 11.3 Å². The van der Waals surface area contributed by atoms with E-state index in [0.717, 1.165) is 17.1 Å². The fourth-order valence-corrected chi connectivity index (χ4v) is 2.05. The molecule has 1 atom stereocenters. The zero-order valence-electron chi connectivity index (χ0n) is 8.42. The summed E-state index contributed by atoms with van der Waals surface area (Å²) in [5.74, 6) is 5.51. The fourth-order valence-electron chi connectivity index (χ4n) is 1.39. The molecule has 1 unspecified atom stereocenters. The molecule has 0 saturated carbocycles. The maximum atomic E-state index is 5.51. The fraction of sp³-hybridized carbons (Fsp3) is 0.333. The summed E-state index contributed by atoms with van der Waals surface area (Å²) in [7, 11) is 1.94. The average molecular weight is 223 g/mol. The van der Waals surface area contributed by atoms with Crippen molar-refractivity contribution in [2.75, 3.05) is 0 Å². The minimum absolute atomic E-state index is 0.0253. The lowest BCUT2D eigenvalue weighted by Crippen LogP contribution is -2.29. The molecule has 0 spiro atoms. The van der Waals surface area contributed by atoms with E-state index in [-0.39, 0.29) is 6.04 Å². The van der Waals surface area contributed by atoms with Crippen molar-refractivity contribution in [3.05, 3.63) is 34.8 Å². The lowest BCUT2D eigenvalue weighted by Gasteiger charge is -2.11. The molecule has 5 nitrogen and oxygen atoms in total. The van der Waals surface area contributed by atoms with Crippen molar-refractivity contribution in [3.63, 3.8) is 0 Å². The highest BCUT2D eigenvalue weighted by molar-refractivity contribution is 7.09. The molecule has 2 rings (SSSR count). The third-order valence-electron chi connectivity index (χ3n) is 2.15. The Morgan fingerprint density at radius 2 is 2.47 bits per heavy atom. The van der Waals surface area contributed by atoms with E-state index in [0.29, 0.717) is 0 Å². The molecule has 0 fully saturated rings. The Bertz CT molecular complexity index is 408. The zero-order chi connectivity index (χ0) is 10.7. The maximum absolute atomic E-state index is 5.51. The Kier molecular flexibility index (Phi) is 3.10. The van der Waals surface area contributed by atoms with Gasteiger partial charge >= 0.3 is 0 Å². The molecular formula is C9H13N5S. The predicted molar refractivity (Wildman–Crippen MR) is 59.1 cm³/mol. The van der Waals surface area contributed by atoms with E-state index >= 15 is 0 Å². The van der Waals surface area contributed by atoms with Gasteiger partial charge in [-0.3, -0.25) is 11.3 Å². The molecule has 0 saturated heterocycles. The van der Waals surface area contributed by atoms with Crippen molar-refractivity contribution in [1.29, 1.82) is 0 Å². The first-order valence-corrected chi connectivity index (χ1v) is 5.50. The number of aromatic nitrogens is 3. The quantitative estimate of drug-likeness (QED) is 0.589. The number of imidazole rings is 1. The lowest BCUT2D eigenvalue weighted by molar-refractivity contribution is 0.539. The first-order valence-electron chi connectivity index (χ1n) is 4.62. The Morgan fingerprint density at radius 3 is 3.00 bits per heavy atom. The molecule has 0 aliphatic heterocycles. The Hall–Kier alpha value is -1.24. The van der Waals surface area contributed by atoms with Crippen LogP contribution in [0.15, 0.2) is 24.1 Å². The molecule has 6 heteroatoms. The van der Waals surface area contributed by atoms with E-state index in [9.17, 15) is 0 Å². The van der Waals surface area contributed by atoms with E-state index in [1.807, 2.05) is 23.2 Å². The molecule has 3 N–H and O–H groups in total. The molecule has 2 aromatic heterocycles. The number of nitrogens with zero attached hydrogens (tertiary/aromatic N) is 3. The van der Waals surface area contributed by atoms with E-state index in [4.69, 9.17) is 5.84 Å². The molecule has 0 aromatic carbocycles. The van der Waals surface area contributed by atoms with Gasteiger partial charge in [0.15, 0.2) is 0 Å². The van der Waals surface area contributed by atoms with Crippen LogP contribution in [0.4, 0.5) is 0 Å². The summed E-state index contributed by atoms with van der Waals surface area (Å²) < 4.78 is 1.90. The maximum Gasteiger partial charge on any atom is 0.0947 e. The third kappa shape index (κ3) is 2.41. The molecule has 0 radical (unpaired) electrons. The van der Waals surface area contributed by atoms with Gasteiger partial charge in [-0.2, -0.15) is 0 Å². The number of aryl methyl sites for hydroxylation is 1. The molecule has 0 aliphatic rings. The molecule has 2 heterocycles. The van der Waals surface area contributed by atoms with Gasteiger partial charge in [0.25, 0.3) is 0 Å². The number of hydrogen-bond donors (Lipinski definition) is 2. The van der Waals surface area contributed by atoms with Crippen LogP contribution in [0.5, 0.6) is 0 Å². The van der Waals surface area contributed by atoms with Crippen LogP contribution in [0.2, 0.25) is 0 Å². The average Bonchev–Trinajstić information content (AvgIpc) is 2.85. The Balaban J connectivity index is 2.11. The predicted octanol–water partition coefficient (Wildman–Crippen LogP) is 0.624. The lowest BCUT2D eigenvalue weighted by atomic mass is 10.2. The van der Waals surface area contributed by atoms with Gasteiger partial charge in [0.2, 0.25) is 0 Å². The summed E-state index contributed by atoms with van der Waals surface area (Å²) in [4.78, 5) is 8.49. The summed E-state index contributed by atoms with van der Waals surface area (Å²) in [6.45, 7) is 0. The van der Waals surface area contributed by atoms with Crippen LogP contribution in [0.3, 0.4) is 0 Å². The van der Waals surface area contributed by atoms with Gasteiger partial charge in [-0.05, 0) is 0 Å².